The first-order chi connectivity index (χ1) is 17.1. The van der Waals surface area contributed by atoms with Gasteiger partial charge in [-0.15, -0.1) is 11.3 Å². The maximum Gasteiger partial charge on any atom is 0.123 e. The lowest BCUT2D eigenvalue weighted by atomic mass is 10.1. The molecular weight excluding hydrogens is 481 g/mol. The number of likely N-dealkylation sites (N-methyl/N-ethyl adjacent to an activating group) is 1. The molecule has 0 bridgehead atoms. The van der Waals surface area contributed by atoms with Gasteiger partial charge in [-0.3, -0.25) is 4.90 Å². The first-order valence-corrected chi connectivity index (χ1v) is 13.8. The number of morpholine rings is 1. The Kier molecular flexibility index (Phi) is 11.4. The first-order valence-electron chi connectivity index (χ1n) is 12.1. The molecule has 3 aromatic rings. The highest BCUT2D eigenvalue weighted by atomic mass is 32.2. The van der Waals surface area contributed by atoms with Crippen LogP contribution in [0.3, 0.4) is 0 Å². The second-order valence-corrected chi connectivity index (χ2v) is 10.4. The van der Waals surface area contributed by atoms with E-state index in [-0.39, 0.29) is 11.9 Å². The topological polar surface area (TPSA) is 39.2 Å². The molecular formula is C27H36FN3O2S2. The van der Waals surface area contributed by atoms with Crippen LogP contribution in [0.25, 0.3) is 0 Å². The van der Waals surface area contributed by atoms with Crippen LogP contribution in [0.1, 0.15) is 25.5 Å². The molecule has 3 heterocycles. The normalized spacial score (nSPS) is 18.7. The van der Waals surface area contributed by atoms with Crippen LogP contribution in [0.15, 0.2) is 70.3 Å². The van der Waals surface area contributed by atoms with Crippen LogP contribution in [0.4, 0.5) is 10.1 Å². The van der Waals surface area contributed by atoms with Gasteiger partial charge >= 0.3 is 0 Å². The summed E-state index contributed by atoms with van der Waals surface area (Å²) in [7, 11) is 2.07. The number of nitrogens with zero attached hydrogens (tertiary/aromatic N) is 3. The van der Waals surface area contributed by atoms with Crippen molar-refractivity contribution in [2.75, 3.05) is 57.9 Å². The summed E-state index contributed by atoms with van der Waals surface area (Å²) in [5.41, 5.74) is 2.31. The molecule has 190 valence electrons. The number of aromatic hydroxyl groups is 1. The Labute approximate surface area is 217 Å². The number of anilines is 1. The third-order valence-corrected chi connectivity index (χ3v) is 7.93. The molecule has 0 saturated carbocycles. The van der Waals surface area contributed by atoms with E-state index in [1.165, 1.54) is 22.0 Å². The molecule has 5 rings (SSSR count). The monoisotopic (exact) mass is 517 g/mol. The highest BCUT2D eigenvalue weighted by molar-refractivity contribution is 7.98. The maximum atomic E-state index is 12.7. The number of halogens is 1. The zero-order valence-corrected chi connectivity index (χ0v) is 22.4. The van der Waals surface area contributed by atoms with E-state index in [0.29, 0.717) is 12.4 Å². The van der Waals surface area contributed by atoms with Crippen LogP contribution in [0.5, 0.6) is 5.75 Å². The predicted molar refractivity (Wildman–Crippen MR) is 146 cm³/mol. The zero-order chi connectivity index (χ0) is 25.0. The molecule has 2 saturated heterocycles. The molecule has 1 N–H and O–H groups in total. The predicted octanol–water partition coefficient (Wildman–Crippen LogP) is 6.14. The van der Waals surface area contributed by atoms with Crippen LogP contribution in [0.2, 0.25) is 0 Å². The van der Waals surface area contributed by atoms with Crippen molar-refractivity contribution in [2.45, 2.75) is 24.1 Å². The molecule has 35 heavy (non-hydrogen) atoms. The molecule has 8 heteroatoms. The molecule has 2 aliphatic rings. The Morgan fingerprint density at radius 1 is 0.943 bits per heavy atom. The number of phenolic OH excluding ortho intramolecular Hbond substituents is 1. The van der Waals surface area contributed by atoms with Crippen LogP contribution in [0, 0.1) is 5.82 Å². The van der Waals surface area contributed by atoms with E-state index in [4.69, 9.17) is 4.74 Å². The standard InChI is InChI=1S/C14H16N2OS2.C11H14FNO.C2H6/c17-13-5-3-12(4-6-13)15-7-9-16(10-8-15)19-14-2-1-11-18-14;1-13-6-7-14-8-11(13)9-2-4-10(12)5-3-9;1-2/h1-6,11,17H,7-10H2;2-5,11H,6-8H2,1H3;1-2H3. The van der Waals surface area contributed by atoms with Crippen LogP contribution < -0.4 is 4.90 Å². The number of piperazine rings is 1. The highest BCUT2D eigenvalue weighted by Crippen LogP contribution is 2.29. The molecule has 1 unspecified atom stereocenters. The van der Waals surface area contributed by atoms with Gasteiger partial charge in [-0.2, -0.15) is 0 Å². The van der Waals surface area contributed by atoms with Crippen molar-refractivity contribution in [1.29, 1.82) is 0 Å². The maximum absolute atomic E-state index is 12.7. The number of benzene rings is 2. The average Bonchev–Trinajstić information content (AvgIpc) is 3.41. The zero-order valence-electron chi connectivity index (χ0n) is 20.8. The van der Waals surface area contributed by atoms with Gasteiger partial charge in [0.25, 0.3) is 0 Å². The Bertz CT molecular complexity index is 963. The highest BCUT2D eigenvalue weighted by Gasteiger charge is 2.21. The van der Waals surface area contributed by atoms with E-state index in [2.05, 4.69) is 38.7 Å². The molecule has 2 aliphatic heterocycles. The minimum atomic E-state index is -0.187. The van der Waals surface area contributed by atoms with Crippen LogP contribution >= 0.6 is 23.3 Å². The van der Waals surface area contributed by atoms with Crippen molar-refractivity contribution in [2.24, 2.45) is 0 Å². The molecule has 0 radical (unpaired) electrons. The van der Waals surface area contributed by atoms with E-state index in [0.717, 1.165) is 44.9 Å². The van der Waals surface area contributed by atoms with Gasteiger partial charge in [0.05, 0.1) is 23.5 Å². The van der Waals surface area contributed by atoms with E-state index in [9.17, 15) is 9.50 Å². The number of rotatable bonds is 4. The summed E-state index contributed by atoms with van der Waals surface area (Å²) >= 11 is 3.65. The quantitative estimate of drug-likeness (QED) is 0.419. The number of ether oxygens (including phenoxy) is 1. The van der Waals surface area contributed by atoms with E-state index in [1.807, 2.05) is 50.1 Å². The largest absolute Gasteiger partial charge is 0.508 e. The van der Waals surface area contributed by atoms with Gasteiger partial charge in [-0.05, 0) is 72.4 Å². The molecule has 2 aromatic carbocycles. The molecule has 1 aromatic heterocycles. The lowest BCUT2D eigenvalue weighted by Gasteiger charge is -2.35. The molecule has 1 atom stereocenters. The minimum Gasteiger partial charge on any atom is -0.508 e. The van der Waals surface area contributed by atoms with Crippen molar-refractivity contribution in [3.8, 4) is 5.75 Å². The summed E-state index contributed by atoms with van der Waals surface area (Å²) in [6.07, 6.45) is 0. The SMILES string of the molecule is CC.CN1CCOCC1c1ccc(F)cc1.Oc1ccc(N2CCN(Sc3cccs3)CC2)cc1. The van der Waals surface area contributed by atoms with Gasteiger partial charge in [0.2, 0.25) is 0 Å². The van der Waals surface area contributed by atoms with Gasteiger partial charge in [-0.1, -0.05) is 32.0 Å². The van der Waals surface area contributed by atoms with Gasteiger partial charge < -0.3 is 14.7 Å². The lowest BCUT2D eigenvalue weighted by molar-refractivity contribution is 0.00503. The summed E-state index contributed by atoms with van der Waals surface area (Å²) in [6, 6.07) is 18.6. The first kappa shape index (κ1) is 27.5. The summed E-state index contributed by atoms with van der Waals surface area (Å²) in [4.78, 5) is 4.60. The minimum absolute atomic E-state index is 0.187. The van der Waals surface area contributed by atoms with Crippen molar-refractivity contribution in [3.05, 3.63) is 77.4 Å². The fraction of sp³-hybridized carbons (Fsp3) is 0.407. The van der Waals surface area contributed by atoms with Crippen LogP contribution in [-0.2, 0) is 4.74 Å². The second kappa shape index (κ2) is 14.5. The van der Waals surface area contributed by atoms with Crippen molar-refractivity contribution in [3.63, 3.8) is 0 Å². The average molecular weight is 518 g/mol. The van der Waals surface area contributed by atoms with E-state index >= 15 is 0 Å². The summed E-state index contributed by atoms with van der Waals surface area (Å²) in [5.74, 6) is 0.142. The molecule has 0 amide bonds. The number of hydrogen-bond acceptors (Lipinski definition) is 7. The van der Waals surface area contributed by atoms with Crippen LogP contribution in [-0.4, -0.2) is 67.3 Å². The summed E-state index contributed by atoms with van der Waals surface area (Å²) in [6.45, 7) is 10.6. The number of hydrogen-bond donors (Lipinski definition) is 1. The Hall–Kier alpha value is -2.10. The van der Waals surface area contributed by atoms with Crippen molar-refractivity contribution >= 4 is 29.0 Å². The number of phenols is 1. The molecule has 0 spiro atoms. The third-order valence-electron chi connectivity index (χ3n) is 5.82. The third kappa shape index (κ3) is 8.51. The lowest BCUT2D eigenvalue weighted by Crippen LogP contribution is -2.43. The van der Waals surface area contributed by atoms with Crippen molar-refractivity contribution in [1.82, 2.24) is 9.21 Å². The fourth-order valence-corrected chi connectivity index (χ4v) is 5.71. The molecule has 5 nitrogen and oxygen atoms in total. The number of thiophene rings is 1. The summed E-state index contributed by atoms with van der Waals surface area (Å²) in [5, 5.41) is 11.4. The van der Waals surface area contributed by atoms with Gasteiger partial charge in [0, 0.05) is 38.4 Å². The van der Waals surface area contributed by atoms with E-state index < -0.39 is 0 Å². The molecule has 2 fully saturated rings. The Morgan fingerprint density at radius 3 is 2.23 bits per heavy atom. The van der Waals surface area contributed by atoms with E-state index in [1.54, 1.807) is 23.5 Å². The Balaban J connectivity index is 0.000000190. The molecule has 0 aliphatic carbocycles. The van der Waals surface area contributed by atoms with Gasteiger partial charge in [0.15, 0.2) is 0 Å². The summed E-state index contributed by atoms with van der Waals surface area (Å²) < 4.78 is 21.9. The Morgan fingerprint density at radius 2 is 1.63 bits per heavy atom. The fourth-order valence-electron chi connectivity index (χ4n) is 3.87. The van der Waals surface area contributed by atoms with Gasteiger partial charge in [0.1, 0.15) is 11.6 Å². The van der Waals surface area contributed by atoms with Gasteiger partial charge in [-0.25, -0.2) is 8.70 Å². The van der Waals surface area contributed by atoms with Crippen molar-refractivity contribution < 1.29 is 14.2 Å². The smallest absolute Gasteiger partial charge is 0.123 e. The second-order valence-electron chi connectivity index (χ2n) is 8.08.